The maximum Gasteiger partial charge on any atom is 0.410 e. The van der Waals surface area contributed by atoms with Gasteiger partial charge < -0.3 is 9.64 Å². The van der Waals surface area contributed by atoms with E-state index in [-0.39, 0.29) is 18.5 Å². The maximum absolute atomic E-state index is 11.7. The second-order valence-electron chi connectivity index (χ2n) is 3.98. The summed E-state index contributed by atoms with van der Waals surface area (Å²) < 4.78 is 4.87. The first-order chi connectivity index (χ1) is 7.27. The second-order valence-corrected chi connectivity index (χ2v) is 3.98. The topological polar surface area (TPSA) is 49.9 Å². The Balaban J connectivity index is 1.84. The Bertz CT molecular complexity index is 261. The molecule has 0 radical (unpaired) electrons. The molecule has 2 heterocycles. The van der Waals surface area contributed by atoms with Gasteiger partial charge in [0.15, 0.2) is 0 Å². The van der Waals surface area contributed by atoms with Crippen molar-refractivity contribution >= 4 is 12.0 Å². The van der Waals surface area contributed by atoms with Crippen LogP contribution in [0.4, 0.5) is 4.79 Å². The summed E-state index contributed by atoms with van der Waals surface area (Å²) in [6.45, 7) is 2.97. The van der Waals surface area contributed by atoms with Gasteiger partial charge in [-0.1, -0.05) is 0 Å². The lowest BCUT2D eigenvalue weighted by Crippen LogP contribution is -2.45. The molecule has 84 valence electrons. The van der Waals surface area contributed by atoms with Gasteiger partial charge in [0.25, 0.3) is 0 Å². The number of cyclic esters (lactones) is 1. The van der Waals surface area contributed by atoms with Gasteiger partial charge in [-0.25, -0.2) is 4.79 Å². The number of carbonyl (C=O) groups excluding carboxylic acids is 2. The Morgan fingerprint density at radius 3 is 2.60 bits per heavy atom. The van der Waals surface area contributed by atoms with Gasteiger partial charge in [-0.15, -0.1) is 0 Å². The van der Waals surface area contributed by atoms with Gasteiger partial charge in [-0.3, -0.25) is 9.69 Å². The fourth-order valence-electron chi connectivity index (χ4n) is 1.97. The van der Waals surface area contributed by atoms with Crippen molar-refractivity contribution in [3.05, 3.63) is 0 Å². The first kappa shape index (κ1) is 10.3. The zero-order chi connectivity index (χ0) is 10.7. The molecule has 0 saturated carbocycles. The molecule has 0 atom stereocenters. The first-order valence-corrected chi connectivity index (χ1v) is 5.47. The summed E-state index contributed by atoms with van der Waals surface area (Å²) in [5, 5.41) is 0. The number of nitrogens with zero attached hydrogens (tertiary/aromatic N) is 2. The zero-order valence-electron chi connectivity index (χ0n) is 8.78. The van der Waals surface area contributed by atoms with Crippen LogP contribution >= 0.6 is 0 Å². The zero-order valence-corrected chi connectivity index (χ0v) is 8.78. The second kappa shape index (κ2) is 4.51. The lowest BCUT2D eigenvalue weighted by Gasteiger charge is -2.27. The summed E-state index contributed by atoms with van der Waals surface area (Å²) in [7, 11) is 0. The Labute approximate surface area is 89.0 Å². The predicted molar refractivity (Wildman–Crippen MR) is 53.4 cm³/mol. The average molecular weight is 212 g/mol. The van der Waals surface area contributed by atoms with Gasteiger partial charge in [0, 0.05) is 19.6 Å². The Hall–Kier alpha value is -1.26. The lowest BCUT2D eigenvalue weighted by molar-refractivity contribution is -0.131. The van der Waals surface area contributed by atoms with E-state index < -0.39 is 0 Å². The number of rotatable bonds is 2. The fourth-order valence-corrected chi connectivity index (χ4v) is 1.97. The van der Waals surface area contributed by atoms with Crippen LogP contribution in [-0.2, 0) is 9.53 Å². The summed E-state index contributed by atoms with van der Waals surface area (Å²) in [6, 6.07) is 0. The largest absolute Gasteiger partial charge is 0.449 e. The summed E-state index contributed by atoms with van der Waals surface area (Å²) >= 11 is 0. The van der Waals surface area contributed by atoms with E-state index in [1.54, 1.807) is 0 Å². The van der Waals surface area contributed by atoms with Crippen LogP contribution in [0.2, 0.25) is 0 Å². The Kier molecular flexibility index (Phi) is 3.08. The van der Waals surface area contributed by atoms with Crippen LogP contribution in [0, 0.1) is 0 Å². The molecule has 2 amide bonds. The minimum absolute atomic E-state index is 0.0475. The smallest absolute Gasteiger partial charge is 0.410 e. The van der Waals surface area contributed by atoms with Crippen molar-refractivity contribution < 1.29 is 14.3 Å². The fraction of sp³-hybridized carbons (Fsp3) is 0.800. The van der Waals surface area contributed by atoms with Gasteiger partial charge in [0.05, 0.1) is 6.61 Å². The van der Waals surface area contributed by atoms with E-state index in [4.69, 9.17) is 4.74 Å². The molecule has 0 aliphatic carbocycles. The van der Waals surface area contributed by atoms with Crippen molar-refractivity contribution in [2.24, 2.45) is 0 Å². The average Bonchev–Trinajstić information content (AvgIpc) is 2.74. The highest BCUT2D eigenvalue weighted by Crippen LogP contribution is 2.10. The Morgan fingerprint density at radius 1 is 1.20 bits per heavy atom. The van der Waals surface area contributed by atoms with Crippen molar-refractivity contribution in [3.63, 3.8) is 0 Å². The van der Waals surface area contributed by atoms with Crippen molar-refractivity contribution in [3.8, 4) is 0 Å². The highest BCUT2D eigenvalue weighted by atomic mass is 16.6. The van der Waals surface area contributed by atoms with Crippen LogP contribution < -0.4 is 0 Å². The molecule has 5 nitrogen and oxygen atoms in total. The number of carbonyl (C=O) groups is 2. The molecule has 0 unspecified atom stereocenters. The molecule has 0 aromatic heterocycles. The van der Waals surface area contributed by atoms with E-state index in [1.807, 2.05) is 4.90 Å². The van der Waals surface area contributed by atoms with Crippen LogP contribution in [0.3, 0.4) is 0 Å². The molecule has 2 rings (SSSR count). The summed E-state index contributed by atoms with van der Waals surface area (Å²) in [6.07, 6.45) is 2.62. The minimum Gasteiger partial charge on any atom is -0.449 e. The van der Waals surface area contributed by atoms with Crippen LogP contribution in [0.1, 0.15) is 19.3 Å². The lowest BCUT2D eigenvalue weighted by atomic mass is 10.3. The molecule has 2 aliphatic heterocycles. The van der Waals surface area contributed by atoms with Crippen molar-refractivity contribution in [1.82, 2.24) is 9.80 Å². The molecule has 5 heteroatoms. The third-order valence-electron chi connectivity index (χ3n) is 2.84. The molecule has 2 fully saturated rings. The van der Waals surface area contributed by atoms with Crippen LogP contribution in [0.5, 0.6) is 0 Å². The highest BCUT2D eigenvalue weighted by Gasteiger charge is 2.25. The highest BCUT2D eigenvalue weighted by molar-refractivity contribution is 5.82. The van der Waals surface area contributed by atoms with Crippen LogP contribution in [0.15, 0.2) is 0 Å². The molecule has 0 N–H and O–H groups in total. The number of amides is 2. The molecule has 2 saturated heterocycles. The number of ether oxygens (including phenoxy) is 1. The van der Waals surface area contributed by atoms with Crippen molar-refractivity contribution in [1.29, 1.82) is 0 Å². The monoisotopic (exact) mass is 212 g/mol. The summed E-state index contributed by atoms with van der Waals surface area (Å²) in [4.78, 5) is 26.3. The number of hydrogen-bond donors (Lipinski definition) is 0. The normalized spacial score (nSPS) is 21.7. The van der Waals surface area contributed by atoms with Gasteiger partial charge in [0.2, 0.25) is 5.91 Å². The molecule has 15 heavy (non-hydrogen) atoms. The van der Waals surface area contributed by atoms with Crippen LogP contribution in [-0.4, -0.2) is 54.6 Å². The standard InChI is InChI=1S/C10H16N2O3/c13-9(11-4-1-2-5-11)8-12-6-3-7-15-10(12)14/h1-8H2. The molecule has 2 aliphatic rings. The third-order valence-corrected chi connectivity index (χ3v) is 2.84. The maximum atomic E-state index is 11.7. The van der Waals surface area contributed by atoms with Gasteiger partial charge in [-0.2, -0.15) is 0 Å². The van der Waals surface area contributed by atoms with E-state index >= 15 is 0 Å². The van der Waals surface area contributed by atoms with E-state index in [0.29, 0.717) is 13.2 Å². The Morgan fingerprint density at radius 2 is 1.93 bits per heavy atom. The van der Waals surface area contributed by atoms with Gasteiger partial charge in [-0.05, 0) is 19.3 Å². The minimum atomic E-state index is -0.353. The van der Waals surface area contributed by atoms with Crippen molar-refractivity contribution in [2.45, 2.75) is 19.3 Å². The number of likely N-dealkylation sites (tertiary alicyclic amines) is 1. The van der Waals surface area contributed by atoms with E-state index in [2.05, 4.69) is 0 Å². The third kappa shape index (κ3) is 2.40. The van der Waals surface area contributed by atoms with Gasteiger partial charge in [0.1, 0.15) is 6.54 Å². The predicted octanol–water partition coefficient (Wildman–Crippen LogP) is 0.451. The molecule has 0 aromatic rings. The SMILES string of the molecule is O=C(CN1CCCOC1=O)N1CCCC1. The van der Waals surface area contributed by atoms with E-state index in [1.165, 1.54) is 4.90 Å². The summed E-state index contributed by atoms with van der Waals surface area (Å²) in [5.74, 6) is 0.0475. The molecule has 0 bridgehead atoms. The molecule has 0 aromatic carbocycles. The molecular weight excluding hydrogens is 196 g/mol. The molecule has 0 spiro atoms. The van der Waals surface area contributed by atoms with Gasteiger partial charge >= 0.3 is 6.09 Å². The summed E-state index contributed by atoms with van der Waals surface area (Å²) in [5.41, 5.74) is 0. The van der Waals surface area contributed by atoms with E-state index in [9.17, 15) is 9.59 Å². The molecular formula is C10H16N2O3. The van der Waals surface area contributed by atoms with Crippen LogP contribution in [0.25, 0.3) is 0 Å². The van der Waals surface area contributed by atoms with E-state index in [0.717, 1.165) is 32.4 Å². The number of hydrogen-bond acceptors (Lipinski definition) is 3. The first-order valence-electron chi connectivity index (χ1n) is 5.47. The van der Waals surface area contributed by atoms with Crippen molar-refractivity contribution in [2.75, 3.05) is 32.8 Å². The quantitative estimate of drug-likeness (QED) is 0.667.